The Hall–Kier alpha value is -2.82. The first-order valence-corrected chi connectivity index (χ1v) is 15.2. The van der Waals surface area contributed by atoms with Gasteiger partial charge in [0.25, 0.3) is 5.56 Å². The van der Waals surface area contributed by atoms with E-state index in [0.29, 0.717) is 4.57 Å². The Morgan fingerprint density at radius 3 is 2.32 bits per heavy atom. The lowest BCUT2D eigenvalue weighted by atomic mass is 9.96. The van der Waals surface area contributed by atoms with Gasteiger partial charge in [-0.05, 0) is 6.58 Å². The second-order valence-corrected chi connectivity index (χ2v) is 12.2. The van der Waals surface area contributed by atoms with Gasteiger partial charge in [0.15, 0.2) is 24.4 Å². The number of phosphoric acid groups is 2. The fourth-order valence-electron chi connectivity index (χ4n) is 4.10. The summed E-state index contributed by atoms with van der Waals surface area (Å²) in [5.74, 6) is -3.52. The van der Waals surface area contributed by atoms with E-state index < -0.39 is 113 Å². The van der Waals surface area contributed by atoms with Crippen LogP contribution in [0, 0.1) is 0 Å². The molecule has 2 fully saturated rings. The van der Waals surface area contributed by atoms with E-state index in [0.717, 1.165) is 19.2 Å². The van der Waals surface area contributed by atoms with Crippen LogP contribution in [0.5, 0.6) is 0 Å². The Morgan fingerprint density at radius 1 is 1.09 bits per heavy atom. The van der Waals surface area contributed by atoms with Gasteiger partial charge in [0.2, 0.25) is 5.91 Å². The van der Waals surface area contributed by atoms with Crippen molar-refractivity contribution in [3.05, 3.63) is 45.4 Å². The number of aliphatic carboxylic acids is 1. The van der Waals surface area contributed by atoms with E-state index in [4.69, 9.17) is 23.8 Å². The van der Waals surface area contributed by atoms with Crippen molar-refractivity contribution in [3.8, 4) is 0 Å². The molecule has 24 heteroatoms. The molecular weight excluding hydrogens is 648 g/mol. The first-order valence-electron chi connectivity index (χ1n) is 12.2. The number of carbonyl (C=O) groups is 2. The van der Waals surface area contributed by atoms with Gasteiger partial charge in [-0.15, -0.1) is 0 Å². The third-order valence-corrected chi connectivity index (χ3v) is 8.65. The number of carbonyl (C=O) groups excluding carboxylic acids is 1. The van der Waals surface area contributed by atoms with Crippen LogP contribution >= 0.6 is 15.6 Å². The van der Waals surface area contributed by atoms with Gasteiger partial charge in [-0.25, -0.2) is 18.7 Å². The molecule has 1 aromatic rings. The highest BCUT2D eigenvalue weighted by Gasteiger charge is 2.52. The van der Waals surface area contributed by atoms with Crippen molar-refractivity contribution in [2.24, 2.45) is 0 Å². The van der Waals surface area contributed by atoms with Crippen molar-refractivity contribution < 1.29 is 81.6 Å². The summed E-state index contributed by atoms with van der Waals surface area (Å²) in [5, 5.41) is 51.7. The van der Waals surface area contributed by atoms with Gasteiger partial charge in [0.1, 0.15) is 36.6 Å². The molecule has 11 atom stereocenters. The van der Waals surface area contributed by atoms with Gasteiger partial charge in [-0.1, -0.05) is 0 Å². The molecule has 248 valence electrons. The quantitative estimate of drug-likeness (QED) is 0.0545. The van der Waals surface area contributed by atoms with Crippen LogP contribution < -0.4 is 16.6 Å². The lowest BCUT2D eigenvalue weighted by Crippen LogP contribution is -2.65. The minimum Gasteiger partial charge on any atom is -0.478 e. The minimum absolute atomic E-state index is 0.703. The molecule has 3 heterocycles. The van der Waals surface area contributed by atoms with Crippen LogP contribution in [0.1, 0.15) is 13.2 Å². The van der Waals surface area contributed by atoms with Crippen molar-refractivity contribution in [3.63, 3.8) is 0 Å². The second kappa shape index (κ2) is 14.1. The number of phosphoric ester groups is 2. The molecule has 44 heavy (non-hydrogen) atoms. The Labute approximate surface area is 245 Å². The molecule has 0 aromatic carbocycles. The highest BCUT2D eigenvalue weighted by molar-refractivity contribution is 7.61. The monoisotopic (exact) mass is 677 g/mol. The Kier molecular flexibility index (Phi) is 11.4. The molecule has 0 saturated carbocycles. The summed E-state index contributed by atoms with van der Waals surface area (Å²) in [4.78, 5) is 68.4. The Bertz CT molecular complexity index is 1450. The van der Waals surface area contributed by atoms with Crippen molar-refractivity contribution in [2.75, 3.05) is 13.2 Å². The minimum atomic E-state index is -5.76. The number of aliphatic hydroxyl groups is 4. The maximum Gasteiger partial charge on any atom is 0.483 e. The third-order valence-electron chi connectivity index (χ3n) is 6.05. The fourth-order valence-corrected chi connectivity index (χ4v) is 6.26. The summed E-state index contributed by atoms with van der Waals surface area (Å²) in [5.41, 5.74) is -1.80. The largest absolute Gasteiger partial charge is 0.483 e. The first kappa shape index (κ1) is 35.7. The van der Waals surface area contributed by atoms with Crippen LogP contribution in [0.4, 0.5) is 0 Å². The molecule has 2 aliphatic rings. The van der Waals surface area contributed by atoms with Crippen LogP contribution in [-0.2, 0) is 46.3 Å². The van der Waals surface area contributed by atoms with Crippen LogP contribution in [-0.4, -0.2) is 119 Å². The van der Waals surface area contributed by atoms with Crippen LogP contribution in [0.25, 0.3) is 0 Å². The number of aromatic amines is 1. The van der Waals surface area contributed by atoms with Gasteiger partial charge < -0.3 is 54.8 Å². The Balaban J connectivity index is 1.72. The highest BCUT2D eigenvalue weighted by Crippen LogP contribution is 2.61. The third kappa shape index (κ3) is 8.67. The van der Waals surface area contributed by atoms with Crippen molar-refractivity contribution in [2.45, 2.75) is 62.1 Å². The lowest BCUT2D eigenvalue weighted by molar-refractivity contribution is -0.251. The summed E-state index contributed by atoms with van der Waals surface area (Å²) in [7, 11) is -11.4. The van der Waals surface area contributed by atoms with Crippen molar-refractivity contribution in [1.82, 2.24) is 14.9 Å². The molecule has 0 radical (unpaired) electrons. The van der Waals surface area contributed by atoms with Crippen LogP contribution in [0.15, 0.2) is 34.2 Å². The highest BCUT2D eigenvalue weighted by atomic mass is 31.3. The molecule has 3 rings (SSSR count). The molecule has 9 N–H and O–H groups in total. The standard InChI is InChI=1S/C20H29N3O19P2/c1-7(18(30)31)38-16-12(21-8(2)25)19(40-9(5-24)14(16)28)41-44(35,36)42-43(33,34)37-6-10-13(27)15(29)17(39-10)23-4-3-11(26)22-20(23)32/h3-4,9-10,12-17,19,24,27-29H,1,5-6H2,2H3,(H,21,25)(H,30,31)(H,33,34)(H,35,36)(H,22,26,32)/t9-,10-,12-,13-,14-,15-,16-,17-,19?/m1/s1. The van der Waals surface area contributed by atoms with Gasteiger partial charge in [-0.3, -0.25) is 28.2 Å². The Morgan fingerprint density at radius 2 is 1.75 bits per heavy atom. The zero-order valence-electron chi connectivity index (χ0n) is 22.3. The number of H-pyrrole nitrogens is 1. The number of aromatic nitrogens is 2. The van der Waals surface area contributed by atoms with Gasteiger partial charge >= 0.3 is 27.3 Å². The molecule has 2 saturated heterocycles. The fraction of sp³-hybridized carbons (Fsp3) is 0.600. The van der Waals surface area contributed by atoms with Crippen molar-refractivity contribution in [1.29, 1.82) is 0 Å². The number of hydrogen-bond acceptors (Lipinski definition) is 16. The van der Waals surface area contributed by atoms with E-state index in [1.54, 1.807) is 0 Å². The first-order chi connectivity index (χ1) is 20.4. The van der Waals surface area contributed by atoms with Gasteiger partial charge in [-0.2, -0.15) is 4.31 Å². The van der Waals surface area contributed by atoms with Gasteiger partial charge in [0.05, 0.1) is 13.2 Å². The van der Waals surface area contributed by atoms with E-state index in [1.165, 1.54) is 0 Å². The van der Waals surface area contributed by atoms with E-state index in [1.807, 2.05) is 4.98 Å². The number of amides is 1. The van der Waals surface area contributed by atoms with Crippen LogP contribution in [0.3, 0.4) is 0 Å². The average molecular weight is 677 g/mol. The average Bonchev–Trinajstić information content (AvgIpc) is 3.18. The molecule has 1 amide bonds. The summed E-state index contributed by atoms with van der Waals surface area (Å²) in [6.07, 6.45) is -13.5. The summed E-state index contributed by atoms with van der Waals surface area (Å²) in [6.45, 7) is 1.98. The maximum absolute atomic E-state index is 12.7. The van der Waals surface area contributed by atoms with E-state index >= 15 is 0 Å². The predicted octanol–water partition coefficient (Wildman–Crippen LogP) is -4.03. The molecule has 2 aliphatic heterocycles. The molecule has 0 spiro atoms. The van der Waals surface area contributed by atoms with E-state index in [-0.39, 0.29) is 0 Å². The van der Waals surface area contributed by atoms with E-state index in [2.05, 4.69) is 20.7 Å². The second-order valence-electron chi connectivity index (χ2n) is 9.24. The molecule has 0 aliphatic carbocycles. The topological polar surface area (TPSA) is 332 Å². The number of carboxylic acids is 1. The molecule has 3 unspecified atom stereocenters. The zero-order chi connectivity index (χ0) is 33.1. The summed E-state index contributed by atoms with van der Waals surface area (Å²) >= 11 is 0. The smallest absolute Gasteiger partial charge is 0.478 e. The number of carboxylic acid groups (broad SMARTS) is 1. The maximum atomic E-state index is 12.7. The molecule has 0 bridgehead atoms. The van der Waals surface area contributed by atoms with E-state index in [9.17, 15) is 58.5 Å². The number of hydrogen-bond donors (Lipinski definition) is 9. The zero-order valence-corrected chi connectivity index (χ0v) is 24.1. The van der Waals surface area contributed by atoms with Crippen LogP contribution in [0.2, 0.25) is 0 Å². The predicted molar refractivity (Wildman–Crippen MR) is 136 cm³/mol. The summed E-state index contributed by atoms with van der Waals surface area (Å²) < 4.78 is 55.0. The number of nitrogens with zero attached hydrogens (tertiary/aromatic N) is 1. The summed E-state index contributed by atoms with van der Waals surface area (Å²) in [6, 6.07) is -0.893. The van der Waals surface area contributed by atoms with Crippen molar-refractivity contribution >= 4 is 27.5 Å². The molecule has 1 aromatic heterocycles. The number of ether oxygens (including phenoxy) is 3. The molecular formula is C20H29N3O19P2. The SMILES string of the molecule is C=C(O[C@H]1[C@H](O)[C@@H](CO)OC(OP(=O)(O)OP(=O)(O)OC[C@H]2O[C@@H](n3ccc(=O)[nH]c3=O)[C@H](O)[C@@H]2O)[C@@H]1NC(C)=O)C(=O)O. The number of nitrogens with one attached hydrogen (secondary N) is 2. The number of rotatable bonds is 13. The lowest BCUT2D eigenvalue weighted by Gasteiger charge is -2.43. The normalized spacial score (nSPS) is 33.1. The van der Waals surface area contributed by atoms with Gasteiger partial charge in [0, 0.05) is 19.2 Å². The molecule has 22 nitrogen and oxygen atoms in total. The number of aliphatic hydroxyl groups excluding tert-OH is 4.